The summed E-state index contributed by atoms with van der Waals surface area (Å²) < 4.78 is 54.6. The van der Waals surface area contributed by atoms with Gasteiger partial charge < -0.3 is 0 Å². The highest BCUT2D eigenvalue weighted by molar-refractivity contribution is 5.49. The summed E-state index contributed by atoms with van der Waals surface area (Å²) in [5.74, 6) is 4.58. The van der Waals surface area contributed by atoms with Crippen LogP contribution in [0.1, 0.15) is 22.6 Å². The quantitative estimate of drug-likeness (QED) is 0.490. The molecule has 0 aliphatic carbocycles. The molecule has 126 valence electrons. The van der Waals surface area contributed by atoms with Crippen LogP contribution in [-0.2, 0) is 6.18 Å². The lowest BCUT2D eigenvalue weighted by Crippen LogP contribution is -2.14. The number of alkyl halides is 3. The summed E-state index contributed by atoms with van der Waals surface area (Å²) in [5.41, 5.74) is -0.658. The van der Waals surface area contributed by atoms with Crippen molar-refractivity contribution >= 4 is 0 Å². The van der Waals surface area contributed by atoms with Crippen molar-refractivity contribution < 1.29 is 17.6 Å². The molecule has 1 aromatic carbocycles. The zero-order chi connectivity index (χ0) is 18.0. The largest absolute Gasteiger partial charge is 0.434 e. The molecule has 3 aromatic rings. The summed E-state index contributed by atoms with van der Waals surface area (Å²) in [6, 6.07) is 9.58. The third-order valence-electron chi connectivity index (χ3n) is 3.38. The number of aromatic nitrogens is 3. The summed E-state index contributed by atoms with van der Waals surface area (Å²) in [6.45, 7) is 1.44. The molecule has 3 rings (SSSR count). The van der Waals surface area contributed by atoms with Crippen molar-refractivity contribution in [3.05, 3.63) is 77.1 Å². The average Bonchev–Trinajstić information content (AvgIpc) is 2.91. The molecular formula is C18H11F4N3. The van der Waals surface area contributed by atoms with E-state index in [9.17, 15) is 17.6 Å². The zero-order valence-corrected chi connectivity index (χ0v) is 13.0. The first kappa shape index (κ1) is 16.7. The van der Waals surface area contributed by atoms with Crippen molar-refractivity contribution in [2.45, 2.75) is 13.1 Å². The fourth-order valence-corrected chi connectivity index (χ4v) is 2.27. The summed E-state index contributed by atoms with van der Waals surface area (Å²) in [6.07, 6.45) is -3.17. The van der Waals surface area contributed by atoms with Gasteiger partial charge in [0.2, 0.25) is 0 Å². The Morgan fingerprint density at radius 1 is 1.00 bits per heavy atom. The van der Waals surface area contributed by atoms with Crippen LogP contribution in [-0.4, -0.2) is 14.8 Å². The highest BCUT2D eigenvalue weighted by Crippen LogP contribution is 2.34. The monoisotopic (exact) mass is 345 g/mol. The molecule has 2 heterocycles. The second-order valence-corrected chi connectivity index (χ2v) is 5.16. The lowest BCUT2D eigenvalue weighted by molar-refractivity contribution is -0.143. The van der Waals surface area contributed by atoms with Gasteiger partial charge in [0.05, 0.1) is 16.9 Å². The maximum atomic E-state index is 13.6. The zero-order valence-electron chi connectivity index (χ0n) is 13.0. The minimum Gasteiger partial charge on any atom is -0.248 e. The molecule has 0 atom stereocenters. The molecule has 0 amide bonds. The number of nitrogens with zero attached hydrogens (tertiary/aromatic N) is 3. The Bertz CT molecular complexity index is 946. The lowest BCUT2D eigenvalue weighted by Gasteiger charge is -2.11. The molecule has 7 heteroatoms. The minimum atomic E-state index is -4.68. The number of benzene rings is 1. The van der Waals surface area contributed by atoms with Crippen molar-refractivity contribution in [2.75, 3.05) is 0 Å². The fraction of sp³-hybridized carbons (Fsp3) is 0.111. The third kappa shape index (κ3) is 3.53. The van der Waals surface area contributed by atoms with E-state index in [0.717, 1.165) is 16.8 Å². The highest BCUT2D eigenvalue weighted by atomic mass is 19.4. The van der Waals surface area contributed by atoms with Crippen LogP contribution in [0.25, 0.3) is 5.69 Å². The Morgan fingerprint density at radius 2 is 1.72 bits per heavy atom. The summed E-state index contributed by atoms with van der Waals surface area (Å²) in [7, 11) is 0. The molecule has 0 radical (unpaired) electrons. The van der Waals surface area contributed by atoms with Gasteiger partial charge in [0.1, 0.15) is 11.5 Å². The van der Waals surface area contributed by atoms with E-state index in [1.165, 1.54) is 25.3 Å². The number of pyridine rings is 1. The Morgan fingerprint density at radius 3 is 2.32 bits per heavy atom. The van der Waals surface area contributed by atoms with Crippen LogP contribution in [0.5, 0.6) is 0 Å². The Balaban J connectivity index is 2.16. The molecule has 2 aromatic heterocycles. The maximum Gasteiger partial charge on any atom is 0.434 e. The SMILES string of the molecule is Cc1nn(-c2ccc(F)cc2)c(C(F)(F)F)c1C#Cc1ccccn1. The van der Waals surface area contributed by atoms with Gasteiger partial charge in [-0.25, -0.2) is 14.1 Å². The predicted octanol–water partition coefficient (Wildman–Crippen LogP) is 4.13. The van der Waals surface area contributed by atoms with E-state index in [0.29, 0.717) is 5.69 Å². The molecular weight excluding hydrogens is 334 g/mol. The van der Waals surface area contributed by atoms with Crippen molar-refractivity contribution in [2.24, 2.45) is 0 Å². The molecule has 0 aliphatic heterocycles. The Kier molecular flexibility index (Phi) is 4.28. The second kappa shape index (κ2) is 6.40. The van der Waals surface area contributed by atoms with E-state index in [-0.39, 0.29) is 16.9 Å². The van der Waals surface area contributed by atoms with Gasteiger partial charge in [-0.05, 0) is 49.2 Å². The first-order valence-electron chi connectivity index (χ1n) is 7.22. The number of rotatable bonds is 1. The van der Waals surface area contributed by atoms with Gasteiger partial charge in [0.15, 0.2) is 5.69 Å². The van der Waals surface area contributed by atoms with Crippen LogP contribution in [0.4, 0.5) is 17.6 Å². The molecule has 0 saturated carbocycles. The molecule has 25 heavy (non-hydrogen) atoms. The van der Waals surface area contributed by atoms with E-state index >= 15 is 0 Å². The predicted molar refractivity (Wildman–Crippen MR) is 83.5 cm³/mol. The van der Waals surface area contributed by atoms with Crippen LogP contribution < -0.4 is 0 Å². The number of hydrogen-bond donors (Lipinski definition) is 0. The molecule has 0 N–H and O–H groups in total. The van der Waals surface area contributed by atoms with Gasteiger partial charge in [-0.3, -0.25) is 0 Å². The molecule has 0 fully saturated rings. The van der Waals surface area contributed by atoms with Crippen molar-refractivity contribution in [3.8, 4) is 17.5 Å². The van der Waals surface area contributed by atoms with Gasteiger partial charge >= 0.3 is 6.18 Å². The fourth-order valence-electron chi connectivity index (χ4n) is 2.27. The standard InChI is InChI=1S/C18H11F4N3/c1-12-16(10-7-14-4-2-3-11-23-14)17(18(20,21)22)25(24-12)15-8-5-13(19)6-9-15/h2-6,8-9,11H,1H3. The first-order chi connectivity index (χ1) is 11.9. The maximum absolute atomic E-state index is 13.6. The molecule has 0 saturated heterocycles. The highest BCUT2D eigenvalue weighted by Gasteiger charge is 2.39. The first-order valence-corrected chi connectivity index (χ1v) is 7.22. The number of halogens is 4. The summed E-state index contributed by atoms with van der Waals surface area (Å²) in [5, 5.41) is 3.94. The second-order valence-electron chi connectivity index (χ2n) is 5.16. The van der Waals surface area contributed by atoms with E-state index in [1.807, 2.05) is 0 Å². The average molecular weight is 345 g/mol. The topological polar surface area (TPSA) is 30.7 Å². The van der Waals surface area contributed by atoms with Gasteiger partial charge in [-0.15, -0.1) is 0 Å². The van der Waals surface area contributed by atoms with Crippen molar-refractivity contribution in [3.63, 3.8) is 0 Å². The molecule has 3 nitrogen and oxygen atoms in total. The molecule has 0 spiro atoms. The van der Waals surface area contributed by atoms with E-state index in [1.54, 1.807) is 18.2 Å². The van der Waals surface area contributed by atoms with Crippen LogP contribution in [0.15, 0.2) is 48.7 Å². The molecule has 0 aliphatic rings. The van der Waals surface area contributed by atoms with E-state index in [2.05, 4.69) is 21.9 Å². The van der Waals surface area contributed by atoms with Crippen molar-refractivity contribution in [1.82, 2.24) is 14.8 Å². The molecule has 0 unspecified atom stereocenters. The van der Waals surface area contributed by atoms with Gasteiger partial charge in [0.25, 0.3) is 0 Å². The van der Waals surface area contributed by atoms with Crippen LogP contribution in [0.3, 0.4) is 0 Å². The van der Waals surface area contributed by atoms with Crippen molar-refractivity contribution in [1.29, 1.82) is 0 Å². The van der Waals surface area contributed by atoms with E-state index < -0.39 is 17.7 Å². The number of aryl methyl sites for hydroxylation is 1. The number of hydrogen-bond acceptors (Lipinski definition) is 2. The van der Waals surface area contributed by atoms with Crippen LogP contribution in [0, 0.1) is 24.6 Å². The van der Waals surface area contributed by atoms with Crippen LogP contribution >= 0.6 is 0 Å². The lowest BCUT2D eigenvalue weighted by atomic mass is 10.1. The van der Waals surface area contributed by atoms with Gasteiger partial charge in [-0.1, -0.05) is 12.0 Å². The van der Waals surface area contributed by atoms with Crippen LogP contribution in [0.2, 0.25) is 0 Å². The van der Waals surface area contributed by atoms with Gasteiger partial charge in [0, 0.05) is 6.20 Å². The minimum absolute atomic E-state index is 0.0997. The smallest absolute Gasteiger partial charge is 0.248 e. The van der Waals surface area contributed by atoms with E-state index in [4.69, 9.17) is 0 Å². The molecule has 0 bridgehead atoms. The Hall–Kier alpha value is -3.14. The Labute approximate surface area is 140 Å². The normalized spacial score (nSPS) is 11.1. The third-order valence-corrected chi connectivity index (χ3v) is 3.38. The summed E-state index contributed by atoms with van der Waals surface area (Å²) in [4.78, 5) is 3.97. The van der Waals surface area contributed by atoms with Gasteiger partial charge in [-0.2, -0.15) is 18.3 Å². The summed E-state index contributed by atoms with van der Waals surface area (Å²) >= 11 is 0.